The third kappa shape index (κ3) is 4.57. The summed E-state index contributed by atoms with van der Waals surface area (Å²) in [6, 6.07) is 5.28. The predicted octanol–water partition coefficient (Wildman–Crippen LogP) is 1.57. The zero-order chi connectivity index (χ0) is 19.9. The zero-order valence-electron chi connectivity index (χ0n) is 17.0. The largest absolute Gasteiger partial charge is 0.494 e. The van der Waals surface area contributed by atoms with Crippen molar-refractivity contribution in [3.8, 4) is 0 Å². The zero-order valence-corrected chi connectivity index (χ0v) is 17.8. The van der Waals surface area contributed by atoms with Crippen LogP contribution in [-0.4, -0.2) is 46.4 Å². The normalized spacial score (nSPS) is 24.9. The maximum atomic E-state index is 12.8. The van der Waals surface area contributed by atoms with Crippen LogP contribution < -0.4 is 15.5 Å². The number of piperidine rings is 1. The Morgan fingerprint density at radius 1 is 1.19 bits per heavy atom. The van der Waals surface area contributed by atoms with Gasteiger partial charge in [0.1, 0.15) is 0 Å². The fraction of sp³-hybridized carbons (Fsp3) is 0.684. The van der Waals surface area contributed by atoms with Gasteiger partial charge in [-0.1, -0.05) is 11.6 Å². The minimum absolute atomic E-state index is 0.260. The van der Waals surface area contributed by atoms with E-state index in [1.54, 1.807) is 12.1 Å². The first-order valence-corrected chi connectivity index (χ1v) is 11.2. The Morgan fingerprint density at radius 2 is 1.85 bits per heavy atom. The van der Waals surface area contributed by atoms with Crippen LogP contribution >= 0.6 is 0 Å². The molecule has 27 heavy (non-hydrogen) atoms. The average molecular weight is 394 g/mol. The van der Waals surface area contributed by atoms with Gasteiger partial charge in [0.2, 0.25) is 10.0 Å². The maximum Gasteiger partial charge on any atom is 0.494 e. The van der Waals surface area contributed by atoms with Gasteiger partial charge in [-0.3, -0.25) is 0 Å². The molecule has 0 spiro atoms. The first kappa shape index (κ1) is 20.8. The van der Waals surface area contributed by atoms with E-state index < -0.39 is 28.3 Å². The molecule has 0 aliphatic carbocycles. The highest BCUT2D eigenvalue weighted by Crippen LogP contribution is 2.36. The van der Waals surface area contributed by atoms with E-state index in [4.69, 9.17) is 9.31 Å². The van der Waals surface area contributed by atoms with Gasteiger partial charge in [-0.2, -0.15) is 0 Å². The van der Waals surface area contributed by atoms with Gasteiger partial charge in [0.15, 0.2) is 0 Å². The topological polar surface area (TPSA) is 76.7 Å². The van der Waals surface area contributed by atoms with Gasteiger partial charge in [-0.25, -0.2) is 13.1 Å². The Kier molecular flexibility index (Phi) is 5.76. The summed E-state index contributed by atoms with van der Waals surface area (Å²) in [5.74, 6) is 0.334. The molecular formula is C19H31BN2O4S. The van der Waals surface area contributed by atoms with Gasteiger partial charge in [-0.15, -0.1) is 0 Å². The highest BCUT2D eigenvalue weighted by atomic mass is 32.2. The van der Waals surface area contributed by atoms with E-state index in [9.17, 15) is 8.42 Å². The van der Waals surface area contributed by atoms with Crippen LogP contribution in [0.3, 0.4) is 0 Å². The molecule has 2 N–H and O–H groups in total. The molecule has 0 amide bonds. The molecule has 1 aromatic carbocycles. The van der Waals surface area contributed by atoms with Crippen molar-refractivity contribution in [1.82, 2.24) is 10.0 Å². The second kappa shape index (κ2) is 7.48. The van der Waals surface area contributed by atoms with E-state index in [0.717, 1.165) is 37.0 Å². The third-order valence-corrected chi connectivity index (χ3v) is 7.27. The summed E-state index contributed by atoms with van der Waals surface area (Å²) >= 11 is 0. The second-order valence-corrected chi connectivity index (χ2v) is 10.5. The number of benzene rings is 1. The van der Waals surface area contributed by atoms with E-state index >= 15 is 0 Å². The van der Waals surface area contributed by atoms with Crippen molar-refractivity contribution < 1.29 is 17.7 Å². The smallest absolute Gasteiger partial charge is 0.399 e. The number of aryl methyl sites for hydroxylation is 1. The Morgan fingerprint density at radius 3 is 2.44 bits per heavy atom. The van der Waals surface area contributed by atoms with Gasteiger partial charge in [0.05, 0.1) is 16.1 Å². The molecule has 2 heterocycles. The van der Waals surface area contributed by atoms with Crippen molar-refractivity contribution in [2.75, 3.05) is 19.6 Å². The first-order chi connectivity index (χ1) is 12.5. The molecule has 3 rings (SSSR count). The molecule has 6 nitrogen and oxygen atoms in total. The molecule has 0 bridgehead atoms. The van der Waals surface area contributed by atoms with Crippen molar-refractivity contribution in [2.45, 2.75) is 63.6 Å². The molecule has 8 heteroatoms. The molecule has 0 aromatic heterocycles. The number of hydrogen-bond acceptors (Lipinski definition) is 5. The summed E-state index contributed by atoms with van der Waals surface area (Å²) < 4.78 is 40.6. The minimum atomic E-state index is -3.58. The SMILES string of the molecule is Cc1cc(B2OC(C)(C)C(C)(C)O2)cc(S(=O)(=O)NCC2CCCNC2)c1. The number of hydrogen-bond donors (Lipinski definition) is 2. The van der Waals surface area contributed by atoms with Gasteiger partial charge in [0, 0.05) is 6.54 Å². The van der Waals surface area contributed by atoms with Crippen LogP contribution in [0, 0.1) is 12.8 Å². The van der Waals surface area contributed by atoms with E-state index in [2.05, 4.69) is 10.0 Å². The number of nitrogens with one attached hydrogen (secondary N) is 2. The minimum Gasteiger partial charge on any atom is -0.399 e. The summed E-state index contributed by atoms with van der Waals surface area (Å²) in [5, 5.41) is 3.31. The van der Waals surface area contributed by atoms with Gasteiger partial charge < -0.3 is 14.6 Å². The molecule has 150 valence electrons. The summed E-state index contributed by atoms with van der Waals surface area (Å²) in [6.07, 6.45) is 2.13. The van der Waals surface area contributed by atoms with Crippen LogP contribution in [0.2, 0.25) is 0 Å². The highest BCUT2D eigenvalue weighted by Gasteiger charge is 2.51. The van der Waals surface area contributed by atoms with Gasteiger partial charge in [-0.05, 0) is 84.1 Å². The lowest BCUT2D eigenvalue weighted by Crippen LogP contribution is -2.41. The Labute approximate surface area is 163 Å². The second-order valence-electron chi connectivity index (χ2n) is 8.73. The van der Waals surface area contributed by atoms with Crippen molar-refractivity contribution in [2.24, 2.45) is 5.92 Å². The van der Waals surface area contributed by atoms with E-state index in [1.807, 2.05) is 40.7 Å². The molecule has 2 aliphatic rings. The first-order valence-electron chi connectivity index (χ1n) is 9.68. The summed E-state index contributed by atoms with van der Waals surface area (Å²) in [6.45, 7) is 12.2. The van der Waals surface area contributed by atoms with Crippen LogP contribution in [0.5, 0.6) is 0 Å². The Bertz CT molecular complexity index is 773. The van der Waals surface area contributed by atoms with Crippen molar-refractivity contribution in [3.05, 3.63) is 23.8 Å². The quantitative estimate of drug-likeness (QED) is 0.742. The molecule has 1 aromatic rings. The standard InChI is InChI=1S/C19H31BN2O4S/c1-14-9-16(20-25-18(2,3)19(4,5)26-20)11-17(10-14)27(23,24)22-13-15-7-6-8-21-12-15/h9-11,15,21-22H,6-8,12-13H2,1-5H3. The summed E-state index contributed by atoms with van der Waals surface area (Å²) in [5.41, 5.74) is 0.662. The lowest BCUT2D eigenvalue weighted by molar-refractivity contribution is 0.00578. The van der Waals surface area contributed by atoms with Crippen LogP contribution in [-0.2, 0) is 19.3 Å². The predicted molar refractivity (Wildman–Crippen MR) is 108 cm³/mol. The molecular weight excluding hydrogens is 363 g/mol. The van der Waals surface area contributed by atoms with Crippen LogP contribution in [0.1, 0.15) is 46.1 Å². The van der Waals surface area contributed by atoms with E-state index in [-0.39, 0.29) is 4.90 Å². The fourth-order valence-electron chi connectivity index (χ4n) is 3.46. The fourth-order valence-corrected chi connectivity index (χ4v) is 4.71. The highest BCUT2D eigenvalue weighted by molar-refractivity contribution is 7.89. The van der Waals surface area contributed by atoms with E-state index in [0.29, 0.717) is 12.5 Å². The van der Waals surface area contributed by atoms with Gasteiger partial charge in [0.25, 0.3) is 0 Å². The van der Waals surface area contributed by atoms with Crippen molar-refractivity contribution in [3.63, 3.8) is 0 Å². The molecule has 0 radical (unpaired) electrons. The monoisotopic (exact) mass is 394 g/mol. The Balaban J connectivity index is 1.78. The van der Waals surface area contributed by atoms with E-state index in [1.165, 1.54) is 0 Å². The number of sulfonamides is 1. The lowest BCUT2D eigenvalue weighted by Gasteiger charge is -2.32. The number of rotatable bonds is 5. The average Bonchev–Trinajstić information content (AvgIpc) is 2.81. The van der Waals surface area contributed by atoms with Crippen molar-refractivity contribution >= 4 is 22.6 Å². The Hall–Kier alpha value is -0.925. The van der Waals surface area contributed by atoms with Gasteiger partial charge >= 0.3 is 7.12 Å². The van der Waals surface area contributed by atoms with Crippen LogP contribution in [0.25, 0.3) is 0 Å². The summed E-state index contributed by atoms with van der Waals surface area (Å²) in [7, 11) is -4.16. The molecule has 2 aliphatic heterocycles. The molecule has 2 fully saturated rings. The van der Waals surface area contributed by atoms with Crippen LogP contribution in [0.15, 0.2) is 23.1 Å². The molecule has 0 saturated carbocycles. The third-order valence-electron chi connectivity index (χ3n) is 5.87. The molecule has 1 atom stereocenters. The molecule has 1 unspecified atom stereocenters. The summed E-state index contributed by atoms with van der Waals surface area (Å²) in [4.78, 5) is 0.260. The maximum absolute atomic E-state index is 12.8. The lowest BCUT2D eigenvalue weighted by atomic mass is 9.78. The van der Waals surface area contributed by atoms with Crippen molar-refractivity contribution in [1.29, 1.82) is 0 Å². The molecule has 2 saturated heterocycles. The van der Waals surface area contributed by atoms with Crippen LogP contribution in [0.4, 0.5) is 0 Å².